The SMILES string of the molecule is O=C(Cn1cccc1-c1nnc(-c2ccccc2)o1)N1CCN(c2cccc(Cl)c2)CC1. The molecule has 1 aliphatic heterocycles. The van der Waals surface area contributed by atoms with Crippen molar-refractivity contribution in [2.75, 3.05) is 31.1 Å². The van der Waals surface area contributed by atoms with Crippen LogP contribution in [0.5, 0.6) is 0 Å². The van der Waals surface area contributed by atoms with E-state index in [4.69, 9.17) is 16.0 Å². The summed E-state index contributed by atoms with van der Waals surface area (Å²) in [6.07, 6.45) is 1.86. The number of halogens is 1. The van der Waals surface area contributed by atoms with Gasteiger partial charge in [0.1, 0.15) is 12.2 Å². The van der Waals surface area contributed by atoms with Crippen molar-refractivity contribution < 1.29 is 9.21 Å². The van der Waals surface area contributed by atoms with Crippen LogP contribution in [-0.2, 0) is 11.3 Å². The lowest BCUT2D eigenvalue weighted by molar-refractivity contribution is -0.132. The van der Waals surface area contributed by atoms with Gasteiger partial charge in [-0.2, -0.15) is 0 Å². The number of aromatic nitrogens is 3. The second-order valence-electron chi connectivity index (χ2n) is 7.65. The Morgan fingerprint density at radius 3 is 2.47 bits per heavy atom. The van der Waals surface area contributed by atoms with E-state index in [-0.39, 0.29) is 12.5 Å². The van der Waals surface area contributed by atoms with Gasteiger partial charge in [-0.15, -0.1) is 10.2 Å². The van der Waals surface area contributed by atoms with Crippen molar-refractivity contribution in [2.45, 2.75) is 6.54 Å². The molecule has 0 unspecified atom stereocenters. The third-order valence-corrected chi connectivity index (χ3v) is 5.84. The molecule has 162 valence electrons. The van der Waals surface area contributed by atoms with Crippen LogP contribution >= 0.6 is 11.6 Å². The molecule has 1 fully saturated rings. The summed E-state index contributed by atoms with van der Waals surface area (Å²) in [4.78, 5) is 17.1. The van der Waals surface area contributed by atoms with Crippen molar-refractivity contribution in [1.29, 1.82) is 0 Å². The number of piperazine rings is 1. The number of nitrogens with zero attached hydrogens (tertiary/aromatic N) is 5. The number of carbonyl (C=O) groups is 1. The molecule has 8 heteroatoms. The molecular formula is C24H22ClN5O2. The molecule has 0 spiro atoms. The van der Waals surface area contributed by atoms with E-state index in [9.17, 15) is 4.79 Å². The number of amides is 1. The first-order chi connectivity index (χ1) is 15.7. The fraction of sp³-hybridized carbons (Fsp3) is 0.208. The van der Waals surface area contributed by atoms with Gasteiger partial charge in [-0.05, 0) is 42.5 Å². The number of benzene rings is 2. The second kappa shape index (κ2) is 8.88. The molecule has 0 aliphatic carbocycles. The van der Waals surface area contributed by atoms with E-state index in [1.165, 1.54) is 0 Å². The summed E-state index contributed by atoms with van der Waals surface area (Å²) >= 11 is 6.11. The highest BCUT2D eigenvalue weighted by atomic mass is 35.5. The molecule has 2 aromatic carbocycles. The van der Waals surface area contributed by atoms with E-state index in [0.717, 1.165) is 35.1 Å². The summed E-state index contributed by atoms with van der Waals surface area (Å²) in [5, 5.41) is 9.06. The maximum Gasteiger partial charge on any atom is 0.264 e. The number of rotatable bonds is 5. The van der Waals surface area contributed by atoms with Crippen LogP contribution in [0.2, 0.25) is 5.02 Å². The predicted molar refractivity (Wildman–Crippen MR) is 123 cm³/mol. The van der Waals surface area contributed by atoms with E-state index < -0.39 is 0 Å². The predicted octanol–water partition coefficient (Wildman–Crippen LogP) is 4.21. The van der Waals surface area contributed by atoms with Crippen molar-refractivity contribution in [3.05, 3.63) is 77.9 Å². The van der Waals surface area contributed by atoms with Crippen LogP contribution in [-0.4, -0.2) is 51.8 Å². The van der Waals surface area contributed by atoms with E-state index in [0.29, 0.717) is 24.9 Å². The van der Waals surface area contributed by atoms with Crippen LogP contribution in [0.1, 0.15) is 0 Å². The highest BCUT2D eigenvalue weighted by Gasteiger charge is 2.23. The van der Waals surface area contributed by atoms with Crippen molar-refractivity contribution in [2.24, 2.45) is 0 Å². The van der Waals surface area contributed by atoms with Crippen LogP contribution < -0.4 is 4.90 Å². The summed E-state index contributed by atoms with van der Waals surface area (Å²) < 4.78 is 7.72. The maximum absolute atomic E-state index is 13.0. The monoisotopic (exact) mass is 447 g/mol. The molecule has 7 nitrogen and oxygen atoms in total. The number of hydrogen-bond acceptors (Lipinski definition) is 5. The molecular weight excluding hydrogens is 426 g/mol. The Bertz CT molecular complexity index is 1210. The largest absolute Gasteiger partial charge is 0.415 e. The Balaban J connectivity index is 1.24. The first-order valence-corrected chi connectivity index (χ1v) is 10.9. The van der Waals surface area contributed by atoms with Gasteiger partial charge in [-0.25, -0.2) is 0 Å². The molecule has 0 saturated carbocycles. The first-order valence-electron chi connectivity index (χ1n) is 10.5. The quantitative estimate of drug-likeness (QED) is 0.458. The fourth-order valence-corrected chi connectivity index (χ4v) is 4.09. The molecule has 3 heterocycles. The van der Waals surface area contributed by atoms with Crippen molar-refractivity contribution in [3.63, 3.8) is 0 Å². The summed E-state index contributed by atoms with van der Waals surface area (Å²) in [7, 11) is 0. The molecule has 4 aromatic rings. The highest BCUT2D eigenvalue weighted by molar-refractivity contribution is 6.30. The Morgan fingerprint density at radius 1 is 0.906 bits per heavy atom. The molecule has 0 atom stereocenters. The number of hydrogen-bond donors (Lipinski definition) is 0. The molecule has 0 radical (unpaired) electrons. The summed E-state index contributed by atoms with van der Waals surface area (Å²) in [5.41, 5.74) is 2.67. The lowest BCUT2D eigenvalue weighted by Gasteiger charge is -2.36. The average Bonchev–Trinajstić information content (AvgIpc) is 3.49. The van der Waals surface area contributed by atoms with Crippen molar-refractivity contribution >= 4 is 23.2 Å². The Hall–Kier alpha value is -3.58. The lowest BCUT2D eigenvalue weighted by Crippen LogP contribution is -2.49. The molecule has 2 aromatic heterocycles. The number of carbonyl (C=O) groups excluding carboxylic acids is 1. The average molecular weight is 448 g/mol. The van der Waals surface area contributed by atoms with Gasteiger partial charge in [0.2, 0.25) is 11.8 Å². The van der Waals surface area contributed by atoms with Gasteiger partial charge in [0.25, 0.3) is 5.89 Å². The van der Waals surface area contributed by atoms with Gasteiger partial charge in [0, 0.05) is 48.6 Å². The van der Waals surface area contributed by atoms with Crippen molar-refractivity contribution in [1.82, 2.24) is 19.7 Å². The second-order valence-corrected chi connectivity index (χ2v) is 8.08. The maximum atomic E-state index is 13.0. The first kappa shape index (κ1) is 20.3. The zero-order chi connectivity index (χ0) is 21.9. The van der Waals surface area contributed by atoms with Gasteiger partial charge in [0.05, 0.1) is 0 Å². The Labute approximate surface area is 190 Å². The Morgan fingerprint density at radius 2 is 1.69 bits per heavy atom. The topological polar surface area (TPSA) is 67.4 Å². The van der Waals surface area contributed by atoms with Gasteiger partial charge in [-0.1, -0.05) is 35.9 Å². The minimum absolute atomic E-state index is 0.0657. The Kier molecular flexibility index (Phi) is 5.64. The van der Waals surface area contributed by atoms with Crippen LogP contribution in [0.15, 0.2) is 77.3 Å². The van der Waals surface area contributed by atoms with E-state index in [1.54, 1.807) is 0 Å². The summed E-state index contributed by atoms with van der Waals surface area (Å²) in [6, 6.07) is 21.2. The molecule has 1 saturated heterocycles. The minimum atomic E-state index is 0.0657. The lowest BCUT2D eigenvalue weighted by atomic mass is 10.2. The van der Waals surface area contributed by atoms with E-state index >= 15 is 0 Å². The van der Waals surface area contributed by atoms with Gasteiger partial charge in [-0.3, -0.25) is 4.79 Å². The molecule has 1 aliphatic rings. The van der Waals surface area contributed by atoms with Gasteiger partial charge in [0.15, 0.2) is 0 Å². The molecule has 0 bridgehead atoms. The molecule has 1 amide bonds. The number of anilines is 1. The molecule has 5 rings (SSSR count). The standard InChI is InChI=1S/C24H22ClN5O2/c25-19-8-4-9-20(16-19)28-12-14-29(15-13-28)22(31)17-30-11-5-10-21(30)24-27-26-23(32-24)18-6-2-1-3-7-18/h1-11,16H,12-15,17H2. The highest BCUT2D eigenvalue weighted by Crippen LogP contribution is 2.25. The van der Waals surface area contributed by atoms with Crippen LogP contribution in [0.25, 0.3) is 23.0 Å². The normalized spacial score (nSPS) is 14.0. The minimum Gasteiger partial charge on any atom is -0.415 e. The van der Waals surface area contributed by atoms with Crippen LogP contribution in [0, 0.1) is 0 Å². The van der Waals surface area contributed by atoms with Crippen LogP contribution in [0.4, 0.5) is 5.69 Å². The zero-order valence-electron chi connectivity index (χ0n) is 17.4. The molecule has 32 heavy (non-hydrogen) atoms. The zero-order valence-corrected chi connectivity index (χ0v) is 18.2. The van der Waals surface area contributed by atoms with Gasteiger partial charge >= 0.3 is 0 Å². The molecule has 0 N–H and O–H groups in total. The fourth-order valence-electron chi connectivity index (χ4n) is 3.90. The van der Waals surface area contributed by atoms with Crippen molar-refractivity contribution in [3.8, 4) is 23.0 Å². The summed E-state index contributed by atoms with van der Waals surface area (Å²) in [6.45, 7) is 3.10. The summed E-state index contributed by atoms with van der Waals surface area (Å²) in [5.74, 6) is 0.917. The van der Waals surface area contributed by atoms with E-state index in [1.807, 2.05) is 82.4 Å². The smallest absolute Gasteiger partial charge is 0.264 e. The van der Waals surface area contributed by atoms with E-state index in [2.05, 4.69) is 15.1 Å². The van der Waals surface area contributed by atoms with Crippen LogP contribution in [0.3, 0.4) is 0 Å². The van der Waals surface area contributed by atoms with Gasteiger partial charge < -0.3 is 18.8 Å². The third kappa shape index (κ3) is 4.24. The third-order valence-electron chi connectivity index (χ3n) is 5.61.